The summed E-state index contributed by atoms with van der Waals surface area (Å²) in [5.74, 6) is -0.374. The highest BCUT2D eigenvalue weighted by Crippen LogP contribution is 2.38. The molecule has 111 valence electrons. The Labute approximate surface area is 123 Å². The van der Waals surface area contributed by atoms with Crippen molar-refractivity contribution >= 4 is 0 Å². The summed E-state index contributed by atoms with van der Waals surface area (Å²) in [5, 5.41) is 0. The molecule has 0 N–H and O–H groups in total. The van der Waals surface area contributed by atoms with Crippen LogP contribution in [0.25, 0.3) is 0 Å². The van der Waals surface area contributed by atoms with E-state index in [9.17, 15) is 0 Å². The molecule has 2 heteroatoms. The van der Waals surface area contributed by atoms with Gasteiger partial charge in [-0.1, -0.05) is 57.0 Å². The van der Waals surface area contributed by atoms with Crippen molar-refractivity contribution < 1.29 is 9.47 Å². The van der Waals surface area contributed by atoms with Crippen LogP contribution in [0.5, 0.6) is 0 Å². The molecule has 20 heavy (non-hydrogen) atoms. The van der Waals surface area contributed by atoms with Crippen LogP contribution in [0.1, 0.15) is 64.0 Å². The SMILES string of the molecule is CCCCC1(CCCC)OC[CH]C(c2ccccc2)O1. The van der Waals surface area contributed by atoms with Crippen LogP contribution < -0.4 is 0 Å². The third-order valence-corrected chi connectivity index (χ3v) is 3.95. The second-order valence-corrected chi connectivity index (χ2v) is 5.61. The quantitative estimate of drug-likeness (QED) is 0.693. The van der Waals surface area contributed by atoms with E-state index in [2.05, 4.69) is 44.5 Å². The standard InChI is InChI=1S/C18H27O2/c1-3-5-13-18(14-6-4-2)19-15-12-17(20-18)16-10-8-7-9-11-16/h7-12,17H,3-6,13-15H2,1-2H3. The molecule has 0 aliphatic carbocycles. The van der Waals surface area contributed by atoms with Gasteiger partial charge in [0.2, 0.25) is 0 Å². The smallest absolute Gasteiger partial charge is 0.169 e. The Kier molecular flexibility index (Phi) is 6.06. The minimum atomic E-state index is -0.374. The summed E-state index contributed by atoms with van der Waals surface area (Å²) in [5.41, 5.74) is 1.23. The van der Waals surface area contributed by atoms with E-state index < -0.39 is 0 Å². The molecule has 1 atom stereocenters. The largest absolute Gasteiger partial charge is 0.349 e. The molecule has 2 rings (SSSR count). The number of unbranched alkanes of at least 4 members (excludes halogenated alkanes) is 2. The van der Waals surface area contributed by atoms with E-state index >= 15 is 0 Å². The van der Waals surface area contributed by atoms with Crippen molar-refractivity contribution in [2.75, 3.05) is 6.61 Å². The van der Waals surface area contributed by atoms with Gasteiger partial charge >= 0.3 is 0 Å². The Morgan fingerprint density at radius 1 is 1.05 bits per heavy atom. The maximum atomic E-state index is 6.39. The van der Waals surface area contributed by atoms with Gasteiger partial charge in [-0.05, 0) is 18.4 Å². The first-order valence-electron chi connectivity index (χ1n) is 7.99. The molecule has 1 aliphatic rings. The first-order chi connectivity index (χ1) is 9.79. The van der Waals surface area contributed by atoms with Crippen molar-refractivity contribution in [2.24, 2.45) is 0 Å². The van der Waals surface area contributed by atoms with Crippen molar-refractivity contribution in [3.63, 3.8) is 0 Å². The number of rotatable bonds is 7. The monoisotopic (exact) mass is 275 g/mol. The van der Waals surface area contributed by atoms with Gasteiger partial charge in [-0.15, -0.1) is 0 Å². The molecular formula is C18H27O2. The highest BCUT2D eigenvalue weighted by molar-refractivity contribution is 5.20. The van der Waals surface area contributed by atoms with Crippen molar-refractivity contribution in [1.82, 2.24) is 0 Å². The van der Waals surface area contributed by atoms with Crippen LogP contribution in [-0.4, -0.2) is 12.4 Å². The third-order valence-electron chi connectivity index (χ3n) is 3.95. The molecule has 0 amide bonds. The molecule has 1 aromatic carbocycles. The molecule has 1 radical (unpaired) electrons. The molecule has 1 saturated heterocycles. The summed E-state index contributed by atoms with van der Waals surface area (Å²) in [6.45, 7) is 5.13. The van der Waals surface area contributed by atoms with Gasteiger partial charge in [-0.2, -0.15) is 0 Å². The Bertz CT molecular complexity index is 366. The zero-order valence-electron chi connectivity index (χ0n) is 12.8. The van der Waals surface area contributed by atoms with Gasteiger partial charge in [-0.3, -0.25) is 0 Å². The lowest BCUT2D eigenvalue weighted by atomic mass is 9.98. The highest BCUT2D eigenvalue weighted by atomic mass is 16.7. The number of benzene rings is 1. The number of hydrogen-bond donors (Lipinski definition) is 0. The van der Waals surface area contributed by atoms with E-state index in [1.54, 1.807) is 0 Å². The average molecular weight is 275 g/mol. The Balaban J connectivity index is 2.07. The molecule has 1 heterocycles. The molecule has 1 aliphatic heterocycles. The summed E-state index contributed by atoms with van der Waals surface area (Å²) >= 11 is 0. The second-order valence-electron chi connectivity index (χ2n) is 5.61. The predicted octanol–water partition coefficient (Wildman–Crippen LogP) is 5.06. The Hall–Kier alpha value is -0.860. The van der Waals surface area contributed by atoms with Gasteiger partial charge in [0.15, 0.2) is 5.79 Å². The maximum absolute atomic E-state index is 6.39. The van der Waals surface area contributed by atoms with Gasteiger partial charge in [0.25, 0.3) is 0 Å². The van der Waals surface area contributed by atoms with E-state index in [1.807, 2.05) is 6.07 Å². The minimum absolute atomic E-state index is 0.0682. The molecule has 2 nitrogen and oxygen atoms in total. The summed E-state index contributed by atoms with van der Waals surface area (Å²) in [4.78, 5) is 0. The van der Waals surface area contributed by atoms with Crippen molar-refractivity contribution in [3.05, 3.63) is 42.3 Å². The molecule has 1 aromatic rings. The van der Waals surface area contributed by atoms with Crippen LogP contribution in [0.3, 0.4) is 0 Å². The van der Waals surface area contributed by atoms with Crippen LogP contribution in [0.4, 0.5) is 0 Å². The molecule has 1 unspecified atom stereocenters. The molecular weight excluding hydrogens is 248 g/mol. The second kappa shape index (κ2) is 7.80. The van der Waals surface area contributed by atoms with Crippen molar-refractivity contribution in [1.29, 1.82) is 0 Å². The first-order valence-corrected chi connectivity index (χ1v) is 7.99. The lowest BCUT2D eigenvalue weighted by molar-refractivity contribution is -0.285. The van der Waals surface area contributed by atoms with Gasteiger partial charge in [0.05, 0.1) is 12.7 Å². The van der Waals surface area contributed by atoms with Crippen LogP contribution in [0, 0.1) is 6.42 Å². The van der Waals surface area contributed by atoms with E-state index in [1.165, 1.54) is 18.4 Å². The summed E-state index contributed by atoms with van der Waals surface area (Å²) in [6, 6.07) is 10.5. The molecule has 0 bridgehead atoms. The van der Waals surface area contributed by atoms with E-state index in [0.717, 1.165) is 25.7 Å². The zero-order valence-corrected chi connectivity index (χ0v) is 12.8. The molecule has 0 saturated carbocycles. The summed E-state index contributed by atoms with van der Waals surface area (Å²) in [7, 11) is 0. The van der Waals surface area contributed by atoms with Crippen LogP contribution >= 0.6 is 0 Å². The van der Waals surface area contributed by atoms with Gasteiger partial charge < -0.3 is 9.47 Å². The van der Waals surface area contributed by atoms with Crippen molar-refractivity contribution in [2.45, 2.75) is 64.3 Å². The number of hydrogen-bond acceptors (Lipinski definition) is 2. The van der Waals surface area contributed by atoms with Crippen molar-refractivity contribution in [3.8, 4) is 0 Å². The first kappa shape index (κ1) is 15.5. The lowest BCUT2D eigenvalue weighted by Gasteiger charge is -2.41. The van der Waals surface area contributed by atoms with Gasteiger partial charge in [0, 0.05) is 19.3 Å². The third kappa shape index (κ3) is 4.07. The van der Waals surface area contributed by atoms with E-state index in [4.69, 9.17) is 9.47 Å². The topological polar surface area (TPSA) is 18.5 Å². The van der Waals surface area contributed by atoms with Gasteiger partial charge in [-0.25, -0.2) is 0 Å². The minimum Gasteiger partial charge on any atom is -0.349 e. The zero-order chi connectivity index (χ0) is 14.3. The van der Waals surface area contributed by atoms with Crippen LogP contribution in [0.15, 0.2) is 30.3 Å². The fraction of sp³-hybridized carbons (Fsp3) is 0.611. The van der Waals surface area contributed by atoms with Gasteiger partial charge in [0.1, 0.15) is 0 Å². The fourth-order valence-electron chi connectivity index (χ4n) is 2.73. The lowest BCUT2D eigenvalue weighted by Crippen LogP contribution is -2.42. The molecule has 0 spiro atoms. The van der Waals surface area contributed by atoms with Crippen LogP contribution in [-0.2, 0) is 9.47 Å². The Morgan fingerprint density at radius 2 is 1.70 bits per heavy atom. The number of ether oxygens (including phenoxy) is 2. The average Bonchev–Trinajstić information content (AvgIpc) is 2.52. The molecule has 0 aromatic heterocycles. The molecule has 1 fully saturated rings. The summed E-state index contributed by atoms with van der Waals surface area (Å²) in [6.07, 6.45) is 8.88. The highest BCUT2D eigenvalue weighted by Gasteiger charge is 2.38. The normalized spacial score (nSPS) is 21.8. The van der Waals surface area contributed by atoms with E-state index in [0.29, 0.717) is 6.61 Å². The Morgan fingerprint density at radius 3 is 2.30 bits per heavy atom. The van der Waals surface area contributed by atoms with E-state index in [-0.39, 0.29) is 11.9 Å². The predicted molar refractivity (Wildman–Crippen MR) is 82.3 cm³/mol. The summed E-state index contributed by atoms with van der Waals surface area (Å²) < 4.78 is 12.4. The maximum Gasteiger partial charge on any atom is 0.169 e. The fourth-order valence-corrected chi connectivity index (χ4v) is 2.73. The van der Waals surface area contributed by atoms with Crippen LogP contribution in [0.2, 0.25) is 0 Å².